The van der Waals surface area contributed by atoms with Crippen LogP contribution in [0.2, 0.25) is 0 Å². The topological polar surface area (TPSA) is 68.0 Å². The lowest BCUT2D eigenvalue weighted by Gasteiger charge is -2.23. The lowest BCUT2D eigenvalue weighted by Crippen LogP contribution is -2.18. The Balaban J connectivity index is 1.89. The molecular weight excluding hydrogens is 271 g/mol. The van der Waals surface area contributed by atoms with Gasteiger partial charge in [0.1, 0.15) is 11.6 Å². The molecule has 0 spiro atoms. The second kappa shape index (κ2) is 5.43. The highest BCUT2D eigenvalue weighted by atomic mass is 19.1. The van der Waals surface area contributed by atoms with E-state index in [1.807, 2.05) is 6.07 Å². The van der Waals surface area contributed by atoms with Gasteiger partial charge in [-0.3, -0.25) is 0 Å². The Kier molecular flexibility index (Phi) is 3.47. The van der Waals surface area contributed by atoms with Crippen molar-refractivity contribution < 1.29 is 4.39 Å². The minimum Gasteiger partial charge on any atom is -0.362 e. The second-order valence-electron chi connectivity index (χ2n) is 5.16. The molecule has 21 heavy (non-hydrogen) atoms. The molecule has 108 valence electrons. The molecule has 0 aliphatic carbocycles. The van der Waals surface area contributed by atoms with Crippen molar-refractivity contribution in [2.24, 2.45) is 5.92 Å². The van der Waals surface area contributed by atoms with Gasteiger partial charge in [0.05, 0.1) is 6.04 Å². The van der Waals surface area contributed by atoms with Crippen LogP contribution in [-0.2, 0) is 0 Å². The average Bonchev–Trinajstić information content (AvgIpc) is 2.93. The summed E-state index contributed by atoms with van der Waals surface area (Å²) in [5.74, 6) is 0.731. The Bertz CT molecular complexity index is 737. The first-order valence-corrected chi connectivity index (χ1v) is 6.71. The summed E-state index contributed by atoms with van der Waals surface area (Å²) >= 11 is 0. The van der Waals surface area contributed by atoms with Crippen molar-refractivity contribution in [1.29, 1.82) is 0 Å². The molecule has 0 amide bonds. The third kappa shape index (κ3) is 2.81. The van der Waals surface area contributed by atoms with Gasteiger partial charge in [-0.15, -0.1) is 14.8 Å². The minimum atomic E-state index is -0.241. The molecule has 1 atom stereocenters. The summed E-state index contributed by atoms with van der Waals surface area (Å²) in [7, 11) is 0. The molecule has 1 N–H and O–H groups in total. The number of hydrogen-bond acceptors (Lipinski definition) is 5. The van der Waals surface area contributed by atoms with Gasteiger partial charge in [0.25, 0.3) is 0 Å². The van der Waals surface area contributed by atoms with E-state index >= 15 is 0 Å². The van der Waals surface area contributed by atoms with Crippen molar-refractivity contribution in [3.8, 4) is 0 Å². The van der Waals surface area contributed by atoms with Crippen molar-refractivity contribution in [1.82, 2.24) is 25.3 Å². The number of hydrogen-bond donors (Lipinski definition) is 1. The fourth-order valence-electron chi connectivity index (χ4n) is 2.19. The highest BCUT2D eigenvalue weighted by Crippen LogP contribution is 2.25. The number of halogens is 1. The maximum Gasteiger partial charge on any atom is 0.200 e. The van der Waals surface area contributed by atoms with Gasteiger partial charge < -0.3 is 5.32 Å². The molecule has 1 aromatic carbocycles. The summed E-state index contributed by atoms with van der Waals surface area (Å²) in [6.07, 6.45) is 0. The van der Waals surface area contributed by atoms with Crippen LogP contribution >= 0.6 is 0 Å². The van der Waals surface area contributed by atoms with Crippen molar-refractivity contribution in [2.45, 2.75) is 19.9 Å². The van der Waals surface area contributed by atoms with Crippen LogP contribution in [-0.4, -0.2) is 25.3 Å². The van der Waals surface area contributed by atoms with Gasteiger partial charge >= 0.3 is 0 Å². The van der Waals surface area contributed by atoms with E-state index in [0.29, 0.717) is 17.4 Å². The van der Waals surface area contributed by atoms with Gasteiger partial charge in [-0.05, 0) is 46.2 Å². The molecule has 0 fully saturated rings. The molecule has 0 aliphatic rings. The zero-order valence-corrected chi connectivity index (χ0v) is 11.7. The molecule has 0 aliphatic heterocycles. The summed E-state index contributed by atoms with van der Waals surface area (Å²) in [5, 5.41) is 18.8. The Morgan fingerprint density at radius 3 is 2.57 bits per heavy atom. The lowest BCUT2D eigenvalue weighted by molar-refractivity contribution is 0.540. The van der Waals surface area contributed by atoms with E-state index in [-0.39, 0.29) is 11.9 Å². The molecule has 6 nitrogen and oxygen atoms in total. The zero-order valence-electron chi connectivity index (χ0n) is 11.7. The van der Waals surface area contributed by atoms with E-state index < -0.39 is 0 Å². The van der Waals surface area contributed by atoms with Gasteiger partial charge in [0.15, 0.2) is 5.65 Å². The number of fused-ring (bicyclic) bond motifs is 1. The van der Waals surface area contributed by atoms with Crippen molar-refractivity contribution in [3.05, 3.63) is 47.8 Å². The summed E-state index contributed by atoms with van der Waals surface area (Å²) in [5.41, 5.74) is 1.59. The van der Waals surface area contributed by atoms with Gasteiger partial charge in [-0.2, -0.15) is 0 Å². The Hall–Kier alpha value is -2.57. The number of anilines is 1. The number of nitrogens with zero attached hydrogens (tertiary/aromatic N) is 5. The van der Waals surface area contributed by atoms with Crippen LogP contribution in [0.4, 0.5) is 10.2 Å². The number of rotatable bonds is 4. The van der Waals surface area contributed by atoms with Gasteiger partial charge in [0.2, 0.25) is 0 Å². The van der Waals surface area contributed by atoms with Gasteiger partial charge in [-0.25, -0.2) is 4.39 Å². The molecule has 0 bridgehead atoms. The third-order valence-corrected chi connectivity index (χ3v) is 3.27. The smallest absolute Gasteiger partial charge is 0.200 e. The fourth-order valence-corrected chi connectivity index (χ4v) is 2.19. The fraction of sp³-hybridized carbons (Fsp3) is 0.286. The van der Waals surface area contributed by atoms with Crippen molar-refractivity contribution >= 4 is 11.5 Å². The lowest BCUT2D eigenvalue weighted by atomic mass is 9.96. The number of aromatic nitrogens is 5. The van der Waals surface area contributed by atoms with Gasteiger partial charge in [-0.1, -0.05) is 26.0 Å². The van der Waals surface area contributed by atoms with E-state index in [1.54, 1.807) is 18.2 Å². The van der Waals surface area contributed by atoms with Crippen LogP contribution in [0.25, 0.3) is 5.65 Å². The monoisotopic (exact) mass is 286 g/mol. The predicted molar refractivity (Wildman–Crippen MR) is 76.2 cm³/mol. The molecule has 7 heteroatoms. The summed E-state index contributed by atoms with van der Waals surface area (Å²) in [6.45, 7) is 4.19. The van der Waals surface area contributed by atoms with E-state index in [4.69, 9.17) is 0 Å². The van der Waals surface area contributed by atoms with Gasteiger partial charge in [0, 0.05) is 0 Å². The van der Waals surface area contributed by atoms with Crippen molar-refractivity contribution in [3.63, 3.8) is 0 Å². The predicted octanol–water partition coefficient (Wildman–Crippen LogP) is 2.47. The molecule has 2 aromatic heterocycles. The Morgan fingerprint density at radius 1 is 1.10 bits per heavy atom. The Labute approximate surface area is 121 Å². The quantitative estimate of drug-likeness (QED) is 0.798. The normalized spacial score (nSPS) is 12.8. The van der Waals surface area contributed by atoms with Crippen LogP contribution in [0.5, 0.6) is 0 Å². The molecule has 0 saturated heterocycles. The van der Waals surface area contributed by atoms with Crippen molar-refractivity contribution in [2.75, 3.05) is 5.32 Å². The third-order valence-electron chi connectivity index (χ3n) is 3.27. The van der Waals surface area contributed by atoms with E-state index in [1.165, 1.54) is 16.8 Å². The zero-order chi connectivity index (χ0) is 14.8. The first-order valence-electron chi connectivity index (χ1n) is 6.71. The largest absolute Gasteiger partial charge is 0.362 e. The molecule has 3 aromatic rings. The first-order chi connectivity index (χ1) is 10.1. The molecule has 2 heterocycles. The SMILES string of the molecule is CC(C)[C@@H](Nc1ccc2nnnn2n1)c1ccc(F)cc1. The number of tetrazole rings is 1. The number of benzene rings is 1. The maximum atomic E-state index is 13.1. The molecule has 0 saturated carbocycles. The first kappa shape index (κ1) is 13.4. The van der Waals surface area contributed by atoms with E-state index in [2.05, 4.69) is 39.8 Å². The Morgan fingerprint density at radius 2 is 1.86 bits per heavy atom. The van der Waals surface area contributed by atoms with Crippen LogP contribution in [0.15, 0.2) is 36.4 Å². The molecule has 0 radical (unpaired) electrons. The van der Waals surface area contributed by atoms with E-state index in [0.717, 1.165) is 5.56 Å². The highest BCUT2D eigenvalue weighted by Gasteiger charge is 2.16. The van der Waals surface area contributed by atoms with Crippen LogP contribution in [0, 0.1) is 11.7 Å². The van der Waals surface area contributed by atoms with E-state index in [9.17, 15) is 4.39 Å². The average molecular weight is 286 g/mol. The van der Waals surface area contributed by atoms with Crippen LogP contribution in [0.1, 0.15) is 25.5 Å². The molecule has 3 rings (SSSR count). The maximum absolute atomic E-state index is 13.1. The second-order valence-corrected chi connectivity index (χ2v) is 5.16. The summed E-state index contributed by atoms with van der Waals surface area (Å²) in [6, 6.07) is 10.1. The number of nitrogens with one attached hydrogen (secondary N) is 1. The van der Waals surface area contributed by atoms with Crippen LogP contribution < -0.4 is 5.32 Å². The standard InChI is InChI=1S/C14H15FN6/c1-9(2)14(10-3-5-11(15)6-4-10)16-12-7-8-13-17-19-20-21(13)18-12/h3-9,14H,1-2H3,(H,16,18)/t14-/m1/s1. The molecule has 0 unspecified atom stereocenters. The minimum absolute atomic E-state index is 0.0204. The summed E-state index contributed by atoms with van der Waals surface area (Å²) in [4.78, 5) is 0. The van der Waals surface area contributed by atoms with Crippen LogP contribution in [0.3, 0.4) is 0 Å². The highest BCUT2D eigenvalue weighted by molar-refractivity contribution is 5.44. The summed E-state index contributed by atoms with van der Waals surface area (Å²) < 4.78 is 14.4. The molecular formula is C14H15FN6.